The van der Waals surface area contributed by atoms with Crippen LogP contribution in [0.3, 0.4) is 0 Å². The van der Waals surface area contributed by atoms with Crippen LogP contribution >= 0.6 is 0 Å². The molecule has 0 fully saturated rings. The molecule has 0 saturated heterocycles. The van der Waals surface area contributed by atoms with Crippen molar-refractivity contribution in [2.45, 2.75) is 45.3 Å². The monoisotopic (exact) mass is 322 g/mol. The first-order chi connectivity index (χ1) is 10.9. The molecule has 0 saturated carbocycles. The van der Waals surface area contributed by atoms with Crippen molar-refractivity contribution < 1.29 is 9.18 Å². The van der Waals surface area contributed by atoms with E-state index in [2.05, 4.69) is 17.1 Å². The molecule has 0 spiro atoms. The van der Waals surface area contributed by atoms with Crippen molar-refractivity contribution >= 4 is 5.91 Å². The smallest absolute Gasteiger partial charge is 0.264 e. The third kappa shape index (κ3) is 4.64. The molecule has 128 valence electrons. The minimum Gasteiger partial charge on any atom is -0.317 e. The average Bonchev–Trinajstić information content (AvgIpc) is 3.05. The van der Waals surface area contributed by atoms with Crippen molar-refractivity contribution in [2.75, 3.05) is 20.1 Å². The van der Waals surface area contributed by atoms with Crippen LogP contribution in [0.15, 0.2) is 24.5 Å². The molecule has 1 N–H and O–H groups in total. The minimum absolute atomic E-state index is 0.198. The summed E-state index contributed by atoms with van der Waals surface area (Å²) in [5.74, 6) is 0.0494. The second-order valence-corrected chi connectivity index (χ2v) is 6.49. The van der Waals surface area contributed by atoms with E-state index in [4.69, 9.17) is 0 Å². The van der Waals surface area contributed by atoms with E-state index in [0.717, 1.165) is 12.1 Å². The molecule has 1 amide bonds. The Bertz CT molecular complexity index is 531. The second kappa shape index (κ2) is 7.73. The van der Waals surface area contributed by atoms with E-state index in [1.54, 1.807) is 24.2 Å². The van der Waals surface area contributed by atoms with Gasteiger partial charge in [-0.25, -0.2) is 4.39 Å². The summed E-state index contributed by atoms with van der Waals surface area (Å²) >= 11 is 0. The maximum absolute atomic E-state index is 15.2. The van der Waals surface area contributed by atoms with Gasteiger partial charge in [0.2, 0.25) is 0 Å². The van der Waals surface area contributed by atoms with Crippen molar-refractivity contribution in [3.8, 4) is 0 Å². The lowest BCUT2D eigenvalue weighted by Gasteiger charge is -2.32. The third-order valence-corrected chi connectivity index (χ3v) is 4.51. The number of carbonyl (C=O) groups is 1. The third-order valence-electron chi connectivity index (χ3n) is 4.51. The van der Waals surface area contributed by atoms with Crippen LogP contribution in [0.5, 0.6) is 0 Å². The number of carbonyl (C=O) groups excluding carboxylic acids is 1. The molecular formula is C17H27FN4O. The molecule has 1 aromatic rings. The zero-order chi connectivity index (χ0) is 16.9. The lowest BCUT2D eigenvalue weighted by atomic mass is 9.95. The normalized spacial score (nSPS) is 20.7. The summed E-state index contributed by atoms with van der Waals surface area (Å²) in [4.78, 5) is 16.1. The van der Waals surface area contributed by atoms with Crippen LogP contribution in [0.2, 0.25) is 0 Å². The number of rotatable bonds is 7. The van der Waals surface area contributed by atoms with Crippen LogP contribution in [-0.4, -0.2) is 51.7 Å². The van der Waals surface area contributed by atoms with Crippen LogP contribution in [-0.2, 0) is 11.3 Å². The first kappa shape index (κ1) is 17.7. The predicted octanol–water partition coefficient (Wildman–Crippen LogP) is 2.73. The molecule has 0 radical (unpaired) electrons. The van der Waals surface area contributed by atoms with Crippen molar-refractivity contribution in [2.24, 2.45) is 5.92 Å². The Kier molecular flexibility index (Phi) is 5.93. The molecule has 2 unspecified atom stereocenters. The van der Waals surface area contributed by atoms with Crippen LogP contribution < -0.4 is 0 Å². The Hall–Kier alpha value is -1.69. The first-order valence-electron chi connectivity index (χ1n) is 8.29. The van der Waals surface area contributed by atoms with Crippen LogP contribution in [0.4, 0.5) is 4.39 Å². The number of aromatic amines is 1. The van der Waals surface area contributed by atoms with Crippen LogP contribution in [0.25, 0.3) is 0 Å². The Morgan fingerprint density at radius 3 is 2.96 bits per heavy atom. The fourth-order valence-electron chi connectivity index (χ4n) is 2.74. The molecule has 6 heteroatoms. The van der Waals surface area contributed by atoms with Gasteiger partial charge in [-0.2, -0.15) is 5.10 Å². The number of halogens is 1. The molecule has 0 bridgehead atoms. The van der Waals surface area contributed by atoms with Gasteiger partial charge in [-0.05, 0) is 31.9 Å². The number of H-pyrrole nitrogens is 1. The molecule has 1 aromatic heterocycles. The summed E-state index contributed by atoms with van der Waals surface area (Å²) in [6, 6.07) is 1.89. The quantitative estimate of drug-likeness (QED) is 0.840. The van der Waals surface area contributed by atoms with E-state index in [-0.39, 0.29) is 12.8 Å². The van der Waals surface area contributed by atoms with Gasteiger partial charge in [-0.1, -0.05) is 19.9 Å². The molecule has 0 aromatic carbocycles. The number of hydrogen-bond donors (Lipinski definition) is 1. The van der Waals surface area contributed by atoms with E-state index in [1.165, 1.54) is 0 Å². The average molecular weight is 322 g/mol. The molecule has 5 nitrogen and oxygen atoms in total. The molecular weight excluding hydrogens is 295 g/mol. The van der Waals surface area contributed by atoms with Gasteiger partial charge in [-0.15, -0.1) is 0 Å². The molecule has 1 aliphatic heterocycles. The van der Waals surface area contributed by atoms with Gasteiger partial charge in [0.05, 0.1) is 0 Å². The van der Waals surface area contributed by atoms with E-state index in [1.807, 2.05) is 24.1 Å². The van der Waals surface area contributed by atoms with E-state index in [9.17, 15) is 4.79 Å². The molecule has 23 heavy (non-hydrogen) atoms. The summed E-state index contributed by atoms with van der Waals surface area (Å²) in [6.45, 7) is 5.62. The van der Waals surface area contributed by atoms with E-state index in [0.29, 0.717) is 25.6 Å². The topological polar surface area (TPSA) is 52.2 Å². The van der Waals surface area contributed by atoms with Crippen molar-refractivity contribution in [1.29, 1.82) is 0 Å². The Labute approximate surface area is 137 Å². The molecule has 2 rings (SSSR count). The highest BCUT2D eigenvalue weighted by Crippen LogP contribution is 2.26. The molecule has 2 heterocycles. The number of aromatic nitrogens is 2. The number of nitrogens with one attached hydrogen (secondary N) is 1. The lowest BCUT2D eigenvalue weighted by molar-refractivity contribution is -0.142. The highest BCUT2D eigenvalue weighted by Gasteiger charge is 2.39. The van der Waals surface area contributed by atoms with Gasteiger partial charge >= 0.3 is 0 Å². The van der Waals surface area contributed by atoms with Crippen molar-refractivity contribution in [3.63, 3.8) is 0 Å². The van der Waals surface area contributed by atoms with Gasteiger partial charge in [0.25, 0.3) is 5.91 Å². The van der Waals surface area contributed by atoms with Gasteiger partial charge < -0.3 is 9.80 Å². The predicted molar refractivity (Wildman–Crippen MR) is 88.3 cm³/mol. The molecule has 2 atom stereocenters. The van der Waals surface area contributed by atoms with Gasteiger partial charge in [0, 0.05) is 44.1 Å². The van der Waals surface area contributed by atoms with Gasteiger partial charge in [0.1, 0.15) is 0 Å². The Morgan fingerprint density at radius 1 is 1.61 bits per heavy atom. The first-order valence-corrected chi connectivity index (χ1v) is 8.29. The summed E-state index contributed by atoms with van der Waals surface area (Å²) in [7, 11) is 1.92. The lowest BCUT2D eigenvalue weighted by Crippen LogP contribution is -2.46. The number of hydrogen-bond acceptors (Lipinski definition) is 3. The van der Waals surface area contributed by atoms with Crippen molar-refractivity contribution in [1.82, 2.24) is 20.0 Å². The van der Waals surface area contributed by atoms with E-state index < -0.39 is 11.6 Å². The van der Waals surface area contributed by atoms with Crippen LogP contribution in [0.1, 0.15) is 38.8 Å². The van der Waals surface area contributed by atoms with Gasteiger partial charge in [0.15, 0.2) is 5.67 Å². The Balaban J connectivity index is 1.91. The minimum atomic E-state index is -1.80. The maximum Gasteiger partial charge on any atom is 0.264 e. The highest BCUT2D eigenvalue weighted by molar-refractivity contribution is 5.86. The number of alkyl halides is 1. The van der Waals surface area contributed by atoms with Gasteiger partial charge in [-0.3, -0.25) is 9.89 Å². The SMILES string of the molecule is CCC(F)(CCN(C)Cc1ccn[nH]1)C(=O)N1C=CC(C)CC1. The number of nitrogens with zero attached hydrogens (tertiary/aromatic N) is 3. The number of allylic oxidation sites excluding steroid dienone is 1. The highest BCUT2D eigenvalue weighted by atomic mass is 19.1. The van der Waals surface area contributed by atoms with E-state index >= 15 is 4.39 Å². The van der Waals surface area contributed by atoms with Crippen LogP contribution in [0, 0.1) is 5.92 Å². The summed E-state index contributed by atoms with van der Waals surface area (Å²) in [5, 5.41) is 6.79. The summed E-state index contributed by atoms with van der Waals surface area (Å²) < 4.78 is 15.2. The standard InChI is InChI=1S/C17H27FN4O/c1-4-17(18,16(23)22-10-6-14(2)7-11-22)8-12-21(3)13-15-5-9-19-20-15/h5-6,9-10,14H,4,7-8,11-13H2,1-3H3,(H,19,20). The number of amides is 1. The largest absolute Gasteiger partial charge is 0.317 e. The molecule has 0 aliphatic carbocycles. The Morgan fingerprint density at radius 2 is 2.39 bits per heavy atom. The molecule has 1 aliphatic rings. The summed E-state index contributed by atoms with van der Waals surface area (Å²) in [5.41, 5.74) is -0.819. The second-order valence-electron chi connectivity index (χ2n) is 6.49. The van der Waals surface area contributed by atoms with Crippen molar-refractivity contribution in [3.05, 3.63) is 30.2 Å². The maximum atomic E-state index is 15.2. The zero-order valence-electron chi connectivity index (χ0n) is 14.3. The fraction of sp³-hybridized carbons (Fsp3) is 0.647. The zero-order valence-corrected chi connectivity index (χ0v) is 14.3. The summed E-state index contributed by atoms with van der Waals surface area (Å²) in [6.07, 6.45) is 6.71. The fourth-order valence-corrected chi connectivity index (χ4v) is 2.74.